The number of benzene rings is 1. The van der Waals surface area contributed by atoms with Crippen LogP contribution in [0.2, 0.25) is 5.02 Å². The molecule has 0 amide bonds. The standard InChI is InChI=1S/C21H19ClFN5/c22-17-8-13(9-18(19(17)23)28-6-1-2-7-28)15-10-16(15)14-11-26-21(27-12-14)20-24-4-3-5-25-20/h3-5,8-9,11-12,15-16H,1-2,6-7,10H2/t15-,16-/m0/s1. The molecule has 0 spiro atoms. The van der Waals surface area contributed by atoms with Crippen LogP contribution in [0.5, 0.6) is 0 Å². The van der Waals surface area contributed by atoms with E-state index < -0.39 is 0 Å². The molecular formula is C21H19ClFN5. The summed E-state index contributed by atoms with van der Waals surface area (Å²) in [6.07, 6.45) is 10.2. The zero-order valence-corrected chi connectivity index (χ0v) is 16.0. The molecule has 1 saturated carbocycles. The molecule has 1 aromatic carbocycles. The third-order valence-electron chi connectivity index (χ3n) is 5.56. The van der Waals surface area contributed by atoms with E-state index in [0.29, 0.717) is 29.2 Å². The van der Waals surface area contributed by atoms with Gasteiger partial charge in [-0.3, -0.25) is 0 Å². The summed E-state index contributed by atoms with van der Waals surface area (Å²) in [6.45, 7) is 1.78. The number of nitrogens with zero attached hydrogens (tertiary/aromatic N) is 5. The number of aromatic nitrogens is 4. The predicted octanol–water partition coefficient (Wildman–Crippen LogP) is 4.60. The van der Waals surface area contributed by atoms with Crippen LogP contribution >= 0.6 is 11.6 Å². The van der Waals surface area contributed by atoms with Gasteiger partial charge in [0.05, 0.1) is 10.7 Å². The molecule has 2 aromatic heterocycles. The highest BCUT2D eigenvalue weighted by molar-refractivity contribution is 6.31. The third-order valence-corrected chi connectivity index (χ3v) is 5.84. The molecular weight excluding hydrogens is 377 g/mol. The van der Waals surface area contributed by atoms with Crippen LogP contribution in [0.25, 0.3) is 11.6 Å². The zero-order valence-electron chi connectivity index (χ0n) is 15.2. The lowest BCUT2D eigenvalue weighted by Gasteiger charge is -2.20. The van der Waals surface area contributed by atoms with Gasteiger partial charge in [0.1, 0.15) is 0 Å². The summed E-state index contributed by atoms with van der Waals surface area (Å²) in [7, 11) is 0. The van der Waals surface area contributed by atoms with Gasteiger partial charge >= 0.3 is 0 Å². The Morgan fingerprint density at radius 1 is 0.893 bits per heavy atom. The second-order valence-corrected chi connectivity index (χ2v) is 7.80. The first-order chi connectivity index (χ1) is 13.7. The van der Waals surface area contributed by atoms with E-state index in [9.17, 15) is 4.39 Å². The van der Waals surface area contributed by atoms with Crippen LogP contribution in [0.3, 0.4) is 0 Å². The van der Waals surface area contributed by atoms with Gasteiger partial charge in [-0.25, -0.2) is 24.3 Å². The minimum Gasteiger partial charge on any atom is -0.369 e. The molecule has 0 unspecified atom stereocenters. The van der Waals surface area contributed by atoms with Gasteiger partial charge in [0.2, 0.25) is 0 Å². The first-order valence-corrected chi connectivity index (χ1v) is 9.92. The van der Waals surface area contributed by atoms with Gasteiger partial charge in [-0.15, -0.1) is 0 Å². The van der Waals surface area contributed by atoms with Crippen molar-refractivity contribution in [1.82, 2.24) is 19.9 Å². The fourth-order valence-corrected chi connectivity index (χ4v) is 4.21. The highest BCUT2D eigenvalue weighted by atomic mass is 35.5. The lowest BCUT2D eigenvalue weighted by Crippen LogP contribution is -2.19. The minimum absolute atomic E-state index is 0.206. The molecule has 2 aliphatic rings. The molecule has 0 N–H and O–H groups in total. The summed E-state index contributed by atoms with van der Waals surface area (Å²) in [5.41, 5.74) is 2.81. The van der Waals surface area contributed by atoms with Crippen LogP contribution in [0, 0.1) is 5.82 Å². The second kappa shape index (κ2) is 7.09. The molecule has 0 bridgehead atoms. The molecule has 1 saturated heterocycles. The Balaban J connectivity index is 1.37. The number of hydrogen-bond acceptors (Lipinski definition) is 5. The van der Waals surface area contributed by atoms with Gasteiger partial charge < -0.3 is 4.90 Å². The number of halogens is 2. The highest BCUT2D eigenvalue weighted by Crippen LogP contribution is 2.55. The van der Waals surface area contributed by atoms with Crippen LogP contribution in [-0.2, 0) is 0 Å². The summed E-state index contributed by atoms with van der Waals surface area (Å²) >= 11 is 6.21. The zero-order chi connectivity index (χ0) is 19.1. The SMILES string of the molecule is Fc1c(Cl)cc([C@@H]2C[C@H]2c2cnc(-c3ncccn3)nc2)cc1N1CCCC1. The maximum absolute atomic E-state index is 14.5. The van der Waals surface area contributed by atoms with Crippen LogP contribution in [0.1, 0.15) is 42.2 Å². The molecule has 0 radical (unpaired) electrons. The molecule has 3 heterocycles. The normalized spacial score (nSPS) is 21.1. The molecule has 5 nitrogen and oxygen atoms in total. The van der Waals surface area contributed by atoms with Crippen molar-refractivity contribution in [3.05, 3.63) is 65.0 Å². The summed E-state index contributed by atoms with van der Waals surface area (Å²) in [5, 5.41) is 0.206. The molecule has 1 aliphatic heterocycles. The Hall–Kier alpha value is -2.60. The van der Waals surface area contributed by atoms with Crippen molar-refractivity contribution in [2.75, 3.05) is 18.0 Å². The average Bonchev–Trinajstić information content (AvgIpc) is 3.35. The lowest BCUT2D eigenvalue weighted by molar-refractivity contribution is 0.622. The van der Waals surface area contributed by atoms with Crippen molar-refractivity contribution in [3.8, 4) is 11.6 Å². The van der Waals surface area contributed by atoms with Crippen molar-refractivity contribution in [3.63, 3.8) is 0 Å². The Labute approximate surface area is 167 Å². The average molecular weight is 396 g/mol. The van der Waals surface area contributed by atoms with Crippen molar-refractivity contribution in [1.29, 1.82) is 0 Å². The molecule has 142 valence electrons. The summed E-state index contributed by atoms with van der Waals surface area (Å²) in [5.74, 6) is 1.38. The van der Waals surface area contributed by atoms with Gasteiger partial charge in [-0.1, -0.05) is 11.6 Å². The topological polar surface area (TPSA) is 54.8 Å². The first kappa shape index (κ1) is 17.5. The van der Waals surface area contributed by atoms with Gasteiger partial charge in [-0.2, -0.15) is 0 Å². The Morgan fingerprint density at radius 3 is 2.25 bits per heavy atom. The molecule has 3 aromatic rings. The molecule has 7 heteroatoms. The molecule has 1 aliphatic carbocycles. The lowest BCUT2D eigenvalue weighted by atomic mass is 10.1. The van der Waals surface area contributed by atoms with Crippen molar-refractivity contribution < 1.29 is 4.39 Å². The Morgan fingerprint density at radius 2 is 1.54 bits per heavy atom. The van der Waals surface area contributed by atoms with Gasteiger partial charge in [0.15, 0.2) is 17.5 Å². The minimum atomic E-state index is -0.305. The maximum Gasteiger partial charge on any atom is 0.197 e. The molecule has 28 heavy (non-hydrogen) atoms. The molecule has 2 fully saturated rings. The Bertz CT molecular complexity index is 990. The quantitative estimate of drug-likeness (QED) is 0.646. The van der Waals surface area contributed by atoms with E-state index in [1.165, 1.54) is 0 Å². The number of rotatable bonds is 4. The van der Waals surface area contributed by atoms with E-state index in [1.54, 1.807) is 24.5 Å². The van der Waals surface area contributed by atoms with Gasteiger partial charge in [-0.05, 0) is 60.4 Å². The maximum atomic E-state index is 14.5. The fraction of sp³-hybridized carbons (Fsp3) is 0.333. The smallest absolute Gasteiger partial charge is 0.197 e. The summed E-state index contributed by atoms with van der Waals surface area (Å²) < 4.78 is 14.5. The van der Waals surface area contributed by atoms with Crippen LogP contribution in [0.15, 0.2) is 43.0 Å². The van der Waals surface area contributed by atoms with E-state index >= 15 is 0 Å². The number of anilines is 1. The fourth-order valence-electron chi connectivity index (χ4n) is 3.99. The summed E-state index contributed by atoms with van der Waals surface area (Å²) in [4.78, 5) is 19.3. The van der Waals surface area contributed by atoms with Crippen molar-refractivity contribution >= 4 is 17.3 Å². The van der Waals surface area contributed by atoms with Crippen LogP contribution in [0.4, 0.5) is 10.1 Å². The van der Waals surface area contributed by atoms with E-state index in [-0.39, 0.29) is 10.8 Å². The monoisotopic (exact) mass is 395 g/mol. The van der Waals surface area contributed by atoms with E-state index in [1.807, 2.05) is 18.5 Å². The highest BCUT2D eigenvalue weighted by Gasteiger charge is 2.41. The van der Waals surface area contributed by atoms with Crippen molar-refractivity contribution in [2.24, 2.45) is 0 Å². The molecule has 5 rings (SSSR count). The van der Waals surface area contributed by atoms with Crippen LogP contribution in [-0.4, -0.2) is 33.0 Å². The van der Waals surface area contributed by atoms with Gasteiger partial charge in [0, 0.05) is 37.9 Å². The number of hydrogen-bond donors (Lipinski definition) is 0. The summed E-state index contributed by atoms with van der Waals surface area (Å²) in [6, 6.07) is 5.51. The first-order valence-electron chi connectivity index (χ1n) is 9.54. The van der Waals surface area contributed by atoms with E-state index in [4.69, 9.17) is 11.6 Å². The third kappa shape index (κ3) is 3.22. The molecule has 2 atom stereocenters. The van der Waals surface area contributed by atoms with Crippen LogP contribution < -0.4 is 4.90 Å². The Kier molecular flexibility index (Phi) is 4.43. The predicted molar refractivity (Wildman–Crippen MR) is 106 cm³/mol. The van der Waals surface area contributed by atoms with Crippen molar-refractivity contribution in [2.45, 2.75) is 31.1 Å². The second-order valence-electron chi connectivity index (χ2n) is 7.39. The van der Waals surface area contributed by atoms with Gasteiger partial charge in [0.25, 0.3) is 0 Å². The largest absolute Gasteiger partial charge is 0.369 e. The van der Waals surface area contributed by atoms with E-state index in [0.717, 1.165) is 43.5 Å². The van der Waals surface area contributed by atoms with E-state index in [2.05, 4.69) is 24.8 Å².